The van der Waals surface area contributed by atoms with E-state index in [1.807, 2.05) is 62.4 Å². The van der Waals surface area contributed by atoms with Crippen molar-refractivity contribution >= 4 is 11.6 Å². The lowest BCUT2D eigenvalue weighted by atomic mass is 9.86. The van der Waals surface area contributed by atoms with Crippen molar-refractivity contribution in [3.63, 3.8) is 0 Å². The van der Waals surface area contributed by atoms with Crippen LogP contribution >= 0.6 is 11.6 Å². The molecule has 0 aliphatic rings. The predicted molar refractivity (Wildman–Crippen MR) is 79.7 cm³/mol. The largest absolute Gasteiger partial charge is 0.494 e. The SMILES string of the molecule is CCOc1ccc(C(C)(N)c2cccc(Cl)c2)cc1. The van der Waals surface area contributed by atoms with Crippen molar-refractivity contribution in [3.05, 3.63) is 64.7 Å². The van der Waals surface area contributed by atoms with Crippen molar-refractivity contribution in [3.8, 4) is 5.75 Å². The Labute approximate surface area is 119 Å². The van der Waals surface area contributed by atoms with Crippen molar-refractivity contribution in [2.75, 3.05) is 6.61 Å². The fourth-order valence-corrected chi connectivity index (χ4v) is 2.23. The first-order valence-electron chi connectivity index (χ1n) is 6.32. The first kappa shape index (κ1) is 13.9. The van der Waals surface area contributed by atoms with Crippen molar-refractivity contribution in [2.45, 2.75) is 19.4 Å². The number of halogens is 1. The molecule has 0 aliphatic heterocycles. The first-order valence-corrected chi connectivity index (χ1v) is 6.70. The van der Waals surface area contributed by atoms with E-state index in [1.54, 1.807) is 0 Å². The van der Waals surface area contributed by atoms with Crippen LogP contribution in [0.5, 0.6) is 5.75 Å². The average Bonchev–Trinajstić information content (AvgIpc) is 2.40. The maximum Gasteiger partial charge on any atom is 0.119 e. The van der Waals surface area contributed by atoms with Crippen molar-refractivity contribution < 1.29 is 4.74 Å². The second-order valence-corrected chi connectivity index (χ2v) is 5.11. The Morgan fingerprint density at radius 1 is 1.11 bits per heavy atom. The van der Waals surface area contributed by atoms with E-state index in [-0.39, 0.29) is 0 Å². The quantitative estimate of drug-likeness (QED) is 0.917. The van der Waals surface area contributed by atoms with Gasteiger partial charge in [-0.3, -0.25) is 0 Å². The standard InChI is InChI=1S/C16H18ClNO/c1-3-19-15-9-7-12(8-10-15)16(2,18)13-5-4-6-14(17)11-13/h4-11H,3,18H2,1-2H3. The fourth-order valence-electron chi connectivity index (χ4n) is 2.04. The third-order valence-electron chi connectivity index (χ3n) is 3.19. The zero-order chi connectivity index (χ0) is 13.9. The number of rotatable bonds is 4. The monoisotopic (exact) mass is 275 g/mol. The summed E-state index contributed by atoms with van der Waals surface area (Å²) in [7, 11) is 0. The molecule has 2 aromatic rings. The minimum atomic E-state index is -0.574. The van der Waals surface area contributed by atoms with Gasteiger partial charge in [-0.05, 0) is 49.2 Å². The summed E-state index contributed by atoms with van der Waals surface area (Å²) < 4.78 is 5.44. The summed E-state index contributed by atoms with van der Waals surface area (Å²) in [6.45, 7) is 4.61. The maximum absolute atomic E-state index is 6.45. The zero-order valence-corrected chi connectivity index (χ0v) is 11.9. The van der Waals surface area contributed by atoms with Crippen LogP contribution in [0.3, 0.4) is 0 Å². The summed E-state index contributed by atoms with van der Waals surface area (Å²) in [5.41, 5.74) is 7.90. The Balaban J connectivity index is 2.33. The van der Waals surface area contributed by atoms with Gasteiger partial charge in [0.15, 0.2) is 0 Å². The van der Waals surface area contributed by atoms with Crippen LogP contribution in [0.2, 0.25) is 5.02 Å². The van der Waals surface area contributed by atoms with E-state index >= 15 is 0 Å². The van der Waals surface area contributed by atoms with Crippen LogP contribution in [0.15, 0.2) is 48.5 Å². The van der Waals surface area contributed by atoms with Crippen molar-refractivity contribution in [1.82, 2.24) is 0 Å². The number of nitrogens with two attached hydrogens (primary N) is 1. The van der Waals surface area contributed by atoms with E-state index in [1.165, 1.54) is 0 Å². The molecule has 1 atom stereocenters. The smallest absolute Gasteiger partial charge is 0.119 e. The molecular formula is C16H18ClNO. The summed E-state index contributed by atoms with van der Waals surface area (Å²) in [4.78, 5) is 0. The summed E-state index contributed by atoms with van der Waals surface area (Å²) in [6.07, 6.45) is 0. The zero-order valence-electron chi connectivity index (χ0n) is 11.2. The summed E-state index contributed by atoms with van der Waals surface area (Å²) >= 11 is 6.03. The van der Waals surface area contributed by atoms with Gasteiger partial charge >= 0.3 is 0 Å². The van der Waals surface area contributed by atoms with Gasteiger partial charge in [0.2, 0.25) is 0 Å². The second kappa shape index (κ2) is 5.64. The van der Waals surface area contributed by atoms with Crippen LogP contribution in [0.4, 0.5) is 0 Å². The Bertz CT molecular complexity index is 549. The summed E-state index contributed by atoms with van der Waals surface area (Å²) in [5, 5.41) is 0.695. The van der Waals surface area contributed by atoms with E-state index in [9.17, 15) is 0 Å². The maximum atomic E-state index is 6.45. The van der Waals surface area contributed by atoms with E-state index in [0.717, 1.165) is 16.9 Å². The highest BCUT2D eigenvalue weighted by Gasteiger charge is 2.23. The van der Waals surface area contributed by atoms with Crippen LogP contribution in [0.25, 0.3) is 0 Å². The molecule has 0 aromatic heterocycles. The third-order valence-corrected chi connectivity index (χ3v) is 3.42. The van der Waals surface area contributed by atoms with Gasteiger partial charge in [-0.2, -0.15) is 0 Å². The molecular weight excluding hydrogens is 258 g/mol. The Kier molecular flexibility index (Phi) is 4.13. The van der Waals surface area contributed by atoms with Gasteiger partial charge in [0, 0.05) is 5.02 Å². The Morgan fingerprint density at radius 3 is 2.37 bits per heavy atom. The normalized spacial score (nSPS) is 13.9. The number of hydrogen-bond acceptors (Lipinski definition) is 2. The van der Waals surface area contributed by atoms with E-state index in [2.05, 4.69) is 0 Å². The van der Waals surface area contributed by atoms with Gasteiger partial charge in [0.1, 0.15) is 5.75 Å². The molecule has 0 bridgehead atoms. The van der Waals surface area contributed by atoms with Gasteiger partial charge in [0.05, 0.1) is 12.1 Å². The van der Waals surface area contributed by atoms with Gasteiger partial charge in [-0.1, -0.05) is 35.9 Å². The molecule has 0 saturated heterocycles. The van der Waals surface area contributed by atoms with Gasteiger partial charge in [0.25, 0.3) is 0 Å². The second-order valence-electron chi connectivity index (χ2n) is 4.67. The molecule has 0 radical (unpaired) electrons. The van der Waals surface area contributed by atoms with E-state index in [4.69, 9.17) is 22.1 Å². The molecule has 0 amide bonds. The number of benzene rings is 2. The minimum Gasteiger partial charge on any atom is -0.494 e. The minimum absolute atomic E-state index is 0.574. The highest BCUT2D eigenvalue weighted by Crippen LogP contribution is 2.29. The molecule has 2 nitrogen and oxygen atoms in total. The molecule has 3 heteroatoms. The lowest BCUT2D eigenvalue weighted by Crippen LogP contribution is -2.34. The molecule has 0 aliphatic carbocycles. The van der Waals surface area contributed by atoms with Crippen LogP contribution < -0.4 is 10.5 Å². The van der Waals surface area contributed by atoms with Crippen LogP contribution in [0, 0.1) is 0 Å². The lowest BCUT2D eigenvalue weighted by molar-refractivity contribution is 0.340. The molecule has 100 valence electrons. The highest BCUT2D eigenvalue weighted by atomic mass is 35.5. The van der Waals surface area contributed by atoms with E-state index in [0.29, 0.717) is 11.6 Å². The van der Waals surface area contributed by atoms with Crippen molar-refractivity contribution in [2.24, 2.45) is 5.73 Å². The molecule has 19 heavy (non-hydrogen) atoms. The van der Waals surface area contributed by atoms with E-state index < -0.39 is 5.54 Å². The molecule has 2 aromatic carbocycles. The fraction of sp³-hybridized carbons (Fsp3) is 0.250. The molecule has 0 saturated carbocycles. The molecule has 0 heterocycles. The van der Waals surface area contributed by atoms with Gasteiger partial charge in [-0.25, -0.2) is 0 Å². The van der Waals surface area contributed by atoms with Crippen LogP contribution in [0.1, 0.15) is 25.0 Å². The van der Waals surface area contributed by atoms with Crippen LogP contribution in [-0.2, 0) is 5.54 Å². The highest BCUT2D eigenvalue weighted by molar-refractivity contribution is 6.30. The molecule has 0 fully saturated rings. The molecule has 2 rings (SSSR count). The Morgan fingerprint density at radius 2 is 1.79 bits per heavy atom. The lowest BCUT2D eigenvalue weighted by Gasteiger charge is -2.26. The number of hydrogen-bond donors (Lipinski definition) is 1. The molecule has 1 unspecified atom stereocenters. The van der Waals surface area contributed by atoms with Crippen LogP contribution in [-0.4, -0.2) is 6.61 Å². The van der Waals surface area contributed by atoms with Gasteiger partial charge in [-0.15, -0.1) is 0 Å². The third kappa shape index (κ3) is 3.09. The van der Waals surface area contributed by atoms with Crippen molar-refractivity contribution in [1.29, 1.82) is 0 Å². The number of ether oxygens (including phenoxy) is 1. The predicted octanol–water partition coefficient (Wildman–Crippen LogP) is 3.96. The molecule has 0 spiro atoms. The first-order chi connectivity index (χ1) is 9.04. The topological polar surface area (TPSA) is 35.2 Å². The summed E-state index contributed by atoms with van der Waals surface area (Å²) in [6, 6.07) is 15.5. The molecule has 2 N–H and O–H groups in total. The Hall–Kier alpha value is -1.51. The van der Waals surface area contributed by atoms with Gasteiger partial charge < -0.3 is 10.5 Å². The summed E-state index contributed by atoms with van der Waals surface area (Å²) in [5.74, 6) is 0.855. The average molecular weight is 276 g/mol.